The first-order valence-corrected chi connectivity index (χ1v) is 13.2. The minimum Gasteiger partial charge on any atom is -0.371 e. The third-order valence-corrected chi connectivity index (χ3v) is 8.42. The molecule has 2 aliphatic rings. The molecule has 2 heterocycles. The topological polar surface area (TPSA) is 222 Å². The van der Waals surface area contributed by atoms with Gasteiger partial charge in [0.05, 0.1) is 5.56 Å². The molecule has 3 rings (SSSR count). The van der Waals surface area contributed by atoms with Crippen molar-refractivity contribution >= 4 is 31.6 Å². The quantitative estimate of drug-likeness (QED) is 0.0898. The Kier molecular flexibility index (Phi) is 7.46. The van der Waals surface area contributed by atoms with E-state index in [2.05, 4.69) is 20.4 Å². The summed E-state index contributed by atoms with van der Waals surface area (Å²) in [4.78, 5) is 0.618. The van der Waals surface area contributed by atoms with Gasteiger partial charge in [0.1, 0.15) is 9.79 Å². The van der Waals surface area contributed by atoms with Gasteiger partial charge in [0.2, 0.25) is 20.0 Å². The van der Waals surface area contributed by atoms with Crippen LogP contribution in [-0.2, 0) is 20.0 Å². The maximum atomic E-state index is 13.1. The number of hydrogen-bond acceptors (Lipinski definition) is 9. The summed E-state index contributed by atoms with van der Waals surface area (Å²) in [5, 5.41) is 23.3. The highest BCUT2D eigenvalue weighted by Crippen LogP contribution is 2.35. The minimum absolute atomic E-state index is 0.250. The summed E-state index contributed by atoms with van der Waals surface area (Å²) in [5.74, 6) is 4.82. The van der Waals surface area contributed by atoms with Crippen LogP contribution in [0.1, 0.15) is 24.8 Å². The fourth-order valence-corrected chi connectivity index (χ4v) is 6.97. The Morgan fingerprint density at radius 1 is 1.22 bits per heavy atom. The molecule has 2 fully saturated rings. The van der Waals surface area contributed by atoms with Gasteiger partial charge in [-0.15, -0.1) is 5.11 Å². The Balaban J connectivity index is 2.17. The lowest BCUT2D eigenvalue weighted by Crippen LogP contribution is -2.39. The van der Waals surface area contributed by atoms with Crippen LogP contribution in [0, 0.1) is 11.3 Å². The predicted molar refractivity (Wildman–Crippen MR) is 119 cm³/mol. The first kappa shape index (κ1) is 24.5. The van der Waals surface area contributed by atoms with Crippen LogP contribution in [0.15, 0.2) is 32.3 Å². The molecular formula is C17H29N9O4S2. The van der Waals surface area contributed by atoms with Gasteiger partial charge in [-0.1, -0.05) is 5.22 Å². The standard InChI is InChI=1S/C17H29N9O4S2/c18-9-11-4-7-26(8-5-11)13-1-2-14(32(29,30)24-12-3-6-22-10-12)16(31(21,27)28)15(13)17(19)23-25-20/h1-2,11-12,22,24H,3-10,18H2,(H3,19,20,23)(H2,21,27,28). The van der Waals surface area contributed by atoms with Crippen LogP contribution >= 0.6 is 0 Å². The van der Waals surface area contributed by atoms with Gasteiger partial charge in [0, 0.05) is 31.4 Å². The molecule has 178 valence electrons. The highest BCUT2D eigenvalue weighted by atomic mass is 32.2. The molecule has 1 unspecified atom stereocenters. The maximum absolute atomic E-state index is 13.1. The Hall–Kier alpha value is -2.17. The Labute approximate surface area is 187 Å². The predicted octanol–water partition coefficient (Wildman–Crippen LogP) is -1.20. The zero-order valence-electron chi connectivity index (χ0n) is 17.5. The summed E-state index contributed by atoms with van der Waals surface area (Å²) in [6.45, 7) is 2.69. The van der Waals surface area contributed by atoms with E-state index in [0.29, 0.717) is 50.7 Å². The molecule has 2 aliphatic heterocycles. The van der Waals surface area contributed by atoms with Crippen molar-refractivity contribution in [3.8, 4) is 0 Å². The van der Waals surface area contributed by atoms with E-state index >= 15 is 0 Å². The van der Waals surface area contributed by atoms with Crippen molar-refractivity contribution in [3.05, 3.63) is 17.7 Å². The van der Waals surface area contributed by atoms with Crippen LogP contribution < -0.4 is 31.7 Å². The molecule has 0 radical (unpaired) electrons. The molecule has 0 amide bonds. The summed E-state index contributed by atoms with van der Waals surface area (Å²) < 4.78 is 54.0. The van der Waals surface area contributed by atoms with E-state index < -0.39 is 41.7 Å². The fraction of sp³-hybridized carbons (Fsp3) is 0.588. The van der Waals surface area contributed by atoms with E-state index in [4.69, 9.17) is 22.1 Å². The average molecular weight is 488 g/mol. The van der Waals surface area contributed by atoms with Crippen molar-refractivity contribution in [2.45, 2.75) is 35.1 Å². The van der Waals surface area contributed by atoms with E-state index in [9.17, 15) is 16.8 Å². The van der Waals surface area contributed by atoms with Crippen molar-refractivity contribution in [2.24, 2.45) is 33.0 Å². The second-order valence-electron chi connectivity index (χ2n) is 7.87. The first-order valence-electron chi connectivity index (χ1n) is 10.2. The highest BCUT2D eigenvalue weighted by molar-refractivity contribution is 7.92. The van der Waals surface area contributed by atoms with Crippen LogP contribution in [0.4, 0.5) is 5.69 Å². The molecule has 2 saturated heterocycles. The molecule has 1 aromatic carbocycles. The lowest BCUT2D eigenvalue weighted by atomic mass is 9.96. The number of nitrogens with one attached hydrogen (secondary N) is 3. The van der Waals surface area contributed by atoms with Gasteiger partial charge < -0.3 is 21.8 Å². The molecule has 15 heteroatoms. The normalized spacial score (nSPS) is 20.8. The molecule has 1 atom stereocenters. The largest absolute Gasteiger partial charge is 0.371 e. The van der Waals surface area contributed by atoms with Gasteiger partial charge >= 0.3 is 0 Å². The van der Waals surface area contributed by atoms with Gasteiger partial charge in [-0.2, -0.15) is 0 Å². The number of piperidine rings is 1. The Morgan fingerprint density at radius 3 is 2.44 bits per heavy atom. The number of primary sulfonamides is 1. The zero-order chi connectivity index (χ0) is 23.5. The van der Waals surface area contributed by atoms with Crippen molar-refractivity contribution in [3.63, 3.8) is 0 Å². The number of hydrogen-bond donors (Lipinski definition) is 6. The summed E-state index contributed by atoms with van der Waals surface area (Å²) in [6.07, 6.45) is 2.09. The number of nitrogens with two attached hydrogens (primary N) is 3. The van der Waals surface area contributed by atoms with Crippen LogP contribution in [0.2, 0.25) is 0 Å². The van der Waals surface area contributed by atoms with Gasteiger partial charge in [0.15, 0.2) is 5.84 Å². The van der Waals surface area contributed by atoms with Crippen molar-refractivity contribution in [2.75, 3.05) is 37.6 Å². The number of amidine groups is 1. The van der Waals surface area contributed by atoms with Crippen LogP contribution in [0.3, 0.4) is 0 Å². The molecule has 0 saturated carbocycles. The molecule has 13 nitrogen and oxygen atoms in total. The number of anilines is 1. The first-order chi connectivity index (χ1) is 15.1. The van der Waals surface area contributed by atoms with Crippen LogP contribution in [0.25, 0.3) is 0 Å². The second kappa shape index (κ2) is 9.76. The van der Waals surface area contributed by atoms with Crippen LogP contribution in [0.5, 0.6) is 0 Å². The van der Waals surface area contributed by atoms with E-state index in [1.807, 2.05) is 4.90 Å². The number of rotatable bonds is 7. The third-order valence-electron chi connectivity index (χ3n) is 5.74. The van der Waals surface area contributed by atoms with E-state index in [-0.39, 0.29) is 5.56 Å². The monoisotopic (exact) mass is 487 g/mol. The van der Waals surface area contributed by atoms with E-state index in [0.717, 1.165) is 12.8 Å². The van der Waals surface area contributed by atoms with Gasteiger partial charge in [0.25, 0.3) is 0 Å². The SMILES string of the molecule is N=C(N=NN)c1c(N2CCC(CN)CC2)ccc(S(=O)(=O)NC2CCNC2)c1S(N)(=O)=O. The number of sulfonamides is 2. The Bertz CT molecular complexity index is 1090. The van der Waals surface area contributed by atoms with Gasteiger partial charge in [-0.05, 0) is 50.4 Å². The van der Waals surface area contributed by atoms with Crippen molar-refractivity contribution in [1.29, 1.82) is 5.41 Å². The minimum atomic E-state index is -4.59. The summed E-state index contributed by atoms with van der Waals surface area (Å²) in [6, 6.07) is 2.27. The Morgan fingerprint density at radius 2 is 1.91 bits per heavy atom. The summed E-state index contributed by atoms with van der Waals surface area (Å²) in [5.41, 5.74) is 5.83. The summed E-state index contributed by atoms with van der Waals surface area (Å²) in [7, 11) is -8.86. The lowest BCUT2D eigenvalue weighted by molar-refractivity contribution is 0.414. The smallest absolute Gasteiger partial charge is 0.242 e. The third kappa shape index (κ3) is 5.24. The van der Waals surface area contributed by atoms with E-state index in [1.54, 1.807) is 0 Å². The molecular weight excluding hydrogens is 458 g/mol. The number of nitrogens with zero attached hydrogens (tertiary/aromatic N) is 3. The molecule has 9 N–H and O–H groups in total. The molecule has 0 aliphatic carbocycles. The lowest BCUT2D eigenvalue weighted by Gasteiger charge is -2.34. The molecule has 0 aromatic heterocycles. The maximum Gasteiger partial charge on any atom is 0.242 e. The van der Waals surface area contributed by atoms with E-state index in [1.165, 1.54) is 12.1 Å². The fourth-order valence-electron chi connectivity index (χ4n) is 4.10. The highest BCUT2D eigenvalue weighted by Gasteiger charge is 2.34. The molecule has 1 aromatic rings. The second-order valence-corrected chi connectivity index (χ2v) is 11.1. The van der Waals surface area contributed by atoms with Gasteiger partial charge in [-0.25, -0.2) is 26.7 Å². The number of benzene rings is 1. The summed E-state index contributed by atoms with van der Waals surface area (Å²) >= 11 is 0. The van der Waals surface area contributed by atoms with Crippen molar-refractivity contribution < 1.29 is 16.8 Å². The molecule has 0 spiro atoms. The van der Waals surface area contributed by atoms with Crippen molar-refractivity contribution in [1.82, 2.24) is 10.0 Å². The van der Waals surface area contributed by atoms with Gasteiger partial charge in [-0.3, -0.25) is 5.41 Å². The zero-order valence-corrected chi connectivity index (χ0v) is 19.1. The average Bonchev–Trinajstić information content (AvgIpc) is 3.24. The molecule has 0 bridgehead atoms. The van der Waals surface area contributed by atoms with Crippen LogP contribution in [-0.4, -0.2) is 61.4 Å². The molecule has 32 heavy (non-hydrogen) atoms.